The lowest BCUT2D eigenvalue weighted by Gasteiger charge is -2.27. The zero-order valence-electron chi connectivity index (χ0n) is 35.5. The van der Waals surface area contributed by atoms with E-state index in [0.29, 0.717) is 33.0 Å². The fraction of sp³-hybridized carbons (Fsp3) is 0.360. The van der Waals surface area contributed by atoms with E-state index in [1.807, 2.05) is 60.7 Å². The van der Waals surface area contributed by atoms with Gasteiger partial charge in [-0.3, -0.25) is 0 Å². The van der Waals surface area contributed by atoms with Gasteiger partial charge in [-0.2, -0.15) is 0 Å². The molecular formula is C50H57NO4S2. The molecule has 0 aromatic heterocycles. The van der Waals surface area contributed by atoms with Gasteiger partial charge < -0.3 is 0 Å². The average Bonchev–Trinajstić information content (AvgIpc) is 3.21. The van der Waals surface area contributed by atoms with E-state index in [2.05, 4.69) is 111 Å². The van der Waals surface area contributed by atoms with Crippen LogP contribution >= 0.6 is 0 Å². The third kappa shape index (κ3) is 6.93. The highest BCUT2D eigenvalue weighted by Crippen LogP contribution is 2.54. The zero-order valence-corrected chi connectivity index (χ0v) is 37.1. The summed E-state index contributed by atoms with van der Waals surface area (Å²) in [6, 6.07) is 28.4. The Balaban J connectivity index is 1.80. The average molecular weight is 800 g/mol. The van der Waals surface area contributed by atoms with Gasteiger partial charge in [0, 0.05) is 22.3 Å². The molecule has 7 rings (SSSR count). The molecule has 6 aromatic carbocycles. The molecule has 0 saturated carbocycles. The maximum absolute atomic E-state index is 15.3. The number of fused-ring (bicyclic) bond motifs is 7. The van der Waals surface area contributed by atoms with E-state index in [0.717, 1.165) is 44.2 Å². The van der Waals surface area contributed by atoms with E-state index < -0.39 is 20.0 Å². The van der Waals surface area contributed by atoms with Crippen LogP contribution in [0, 0.1) is 0 Å². The second-order valence-corrected chi connectivity index (χ2v) is 21.4. The molecule has 298 valence electrons. The van der Waals surface area contributed by atoms with E-state index in [1.54, 1.807) is 0 Å². The van der Waals surface area contributed by atoms with Gasteiger partial charge in [-0.15, -0.1) is 4.13 Å². The van der Waals surface area contributed by atoms with Crippen molar-refractivity contribution in [3.05, 3.63) is 118 Å². The molecule has 1 N–H and O–H groups in total. The van der Waals surface area contributed by atoms with Crippen molar-refractivity contribution in [1.29, 1.82) is 0 Å². The Labute approximate surface area is 341 Å². The molecule has 0 saturated heterocycles. The summed E-state index contributed by atoms with van der Waals surface area (Å²) in [6.07, 6.45) is 0. The summed E-state index contributed by atoms with van der Waals surface area (Å²) in [7, 11) is -9.42. The minimum Gasteiger partial charge on any atom is -0.206 e. The lowest BCUT2D eigenvalue weighted by molar-refractivity contribution is 0.578. The molecule has 0 fully saturated rings. The molecule has 1 heterocycles. The molecule has 57 heavy (non-hydrogen) atoms. The summed E-state index contributed by atoms with van der Waals surface area (Å²) in [5, 5.41) is 3.04. The lowest BCUT2D eigenvalue weighted by atomic mass is 9.79. The van der Waals surface area contributed by atoms with Gasteiger partial charge in [0.15, 0.2) is 0 Å². The molecule has 0 amide bonds. The molecule has 5 nitrogen and oxygen atoms in total. The number of benzene rings is 6. The highest BCUT2D eigenvalue weighted by molar-refractivity contribution is 8.05. The summed E-state index contributed by atoms with van der Waals surface area (Å²) in [6.45, 7) is 25.8. The van der Waals surface area contributed by atoms with Crippen molar-refractivity contribution in [2.75, 3.05) is 0 Å². The molecular weight excluding hydrogens is 743 g/mol. The third-order valence-electron chi connectivity index (χ3n) is 11.8. The molecule has 0 atom stereocenters. The van der Waals surface area contributed by atoms with Crippen molar-refractivity contribution in [3.8, 4) is 33.4 Å². The van der Waals surface area contributed by atoms with Crippen molar-refractivity contribution < 1.29 is 16.8 Å². The number of hydrogen-bond acceptors (Lipinski definition) is 4. The van der Waals surface area contributed by atoms with Crippen LogP contribution in [0.25, 0.3) is 54.9 Å². The van der Waals surface area contributed by atoms with Gasteiger partial charge >= 0.3 is 0 Å². The van der Waals surface area contributed by atoms with Gasteiger partial charge in [0.25, 0.3) is 20.0 Å². The summed E-state index contributed by atoms with van der Waals surface area (Å²) in [5.74, 6) is 0.746. The molecule has 7 heteroatoms. The van der Waals surface area contributed by atoms with Gasteiger partial charge in [-0.1, -0.05) is 156 Å². The normalized spacial score (nSPS) is 15.1. The van der Waals surface area contributed by atoms with Crippen molar-refractivity contribution in [2.24, 2.45) is 0 Å². The van der Waals surface area contributed by atoms with Crippen LogP contribution in [0.3, 0.4) is 0 Å². The predicted octanol–water partition coefficient (Wildman–Crippen LogP) is 13.7. The van der Waals surface area contributed by atoms with E-state index in [9.17, 15) is 0 Å². The van der Waals surface area contributed by atoms with Crippen LogP contribution in [-0.4, -0.2) is 16.8 Å². The number of sulfonamides is 2. The van der Waals surface area contributed by atoms with Crippen LogP contribution in [0.2, 0.25) is 0 Å². The first kappa shape index (κ1) is 40.9. The maximum Gasteiger partial charge on any atom is 0.255 e. The summed E-state index contributed by atoms with van der Waals surface area (Å²) < 4.78 is 63.6. The first-order valence-electron chi connectivity index (χ1n) is 20.5. The van der Waals surface area contributed by atoms with Crippen molar-refractivity contribution in [2.45, 2.75) is 128 Å². The lowest BCUT2D eigenvalue weighted by Crippen LogP contribution is -2.30. The molecule has 6 aromatic rings. The Morgan fingerprint density at radius 1 is 0.386 bits per heavy atom. The molecule has 0 aliphatic carbocycles. The Bertz CT molecular complexity index is 2560. The second-order valence-electron chi connectivity index (χ2n) is 17.9. The van der Waals surface area contributed by atoms with Crippen molar-refractivity contribution >= 4 is 41.6 Å². The van der Waals surface area contributed by atoms with Gasteiger partial charge in [0.05, 0.1) is 9.79 Å². The van der Waals surface area contributed by atoms with Crippen LogP contribution in [0.4, 0.5) is 0 Å². The highest BCUT2D eigenvalue weighted by Gasteiger charge is 2.41. The number of rotatable bonds is 8. The first-order valence-corrected chi connectivity index (χ1v) is 23.5. The van der Waals surface area contributed by atoms with Crippen LogP contribution in [0.15, 0.2) is 94.7 Å². The fourth-order valence-corrected chi connectivity index (χ4v) is 12.5. The Morgan fingerprint density at radius 3 is 0.965 bits per heavy atom. The van der Waals surface area contributed by atoms with Crippen LogP contribution in [-0.2, 0) is 20.0 Å². The Hall–Kier alpha value is -4.30. The first-order chi connectivity index (χ1) is 26.7. The predicted molar refractivity (Wildman–Crippen MR) is 240 cm³/mol. The van der Waals surface area contributed by atoms with Gasteiger partial charge in [-0.05, 0) is 114 Å². The Kier molecular flexibility index (Phi) is 10.6. The second kappa shape index (κ2) is 14.8. The Morgan fingerprint density at radius 2 is 0.684 bits per heavy atom. The molecule has 0 spiro atoms. The van der Waals surface area contributed by atoms with Crippen LogP contribution in [0.5, 0.6) is 0 Å². The van der Waals surface area contributed by atoms with E-state index >= 15 is 16.8 Å². The monoisotopic (exact) mass is 799 g/mol. The summed E-state index contributed by atoms with van der Waals surface area (Å²) in [5.41, 5.74) is 10.1. The van der Waals surface area contributed by atoms with Gasteiger partial charge in [0.2, 0.25) is 0 Å². The molecule has 1 aliphatic heterocycles. The smallest absolute Gasteiger partial charge is 0.206 e. The zero-order chi connectivity index (χ0) is 41.5. The molecule has 0 bridgehead atoms. The maximum atomic E-state index is 15.3. The van der Waals surface area contributed by atoms with E-state index in [1.165, 1.54) is 11.1 Å². The number of nitrogens with one attached hydrogen (secondary N) is 1. The van der Waals surface area contributed by atoms with E-state index in [-0.39, 0.29) is 45.3 Å². The largest absolute Gasteiger partial charge is 0.255 e. The molecule has 0 unspecified atom stereocenters. The molecule has 0 radical (unpaired) electrons. The topological polar surface area (TPSA) is 80.3 Å². The summed E-state index contributed by atoms with van der Waals surface area (Å²) in [4.78, 5) is -0.00880. The van der Waals surface area contributed by atoms with Crippen molar-refractivity contribution in [1.82, 2.24) is 4.13 Å². The number of hydrogen-bond donors (Lipinski definition) is 1. The standard InChI is InChI=1S/C50H57NO4S2/c1-27(2)35-23-39(29(5)6)45(40(24-35)30(7)8)43-21-33-17-13-15-19-37(33)47-48-38-20-16-14-18-34(38)22-44(50(48)57(54,55)51-56(52,53)49(43)47)46-41(31(9)10)25-36(28(3)4)26-42(46)32(11)12/h13-32,51H,1-12H3. The van der Waals surface area contributed by atoms with Crippen molar-refractivity contribution in [3.63, 3.8) is 0 Å². The van der Waals surface area contributed by atoms with Crippen LogP contribution in [0.1, 0.15) is 152 Å². The minimum atomic E-state index is -4.71. The third-order valence-corrected chi connectivity index (χ3v) is 15.5. The van der Waals surface area contributed by atoms with Gasteiger partial charge in [-0.25, -0.2) is 16.8 Å². The highest BCUT2D eigenvalue weighted by atomic mass is 32.3. The van der Waals surface area contributed by atoms with Crippen LogP contribution < -0.4 is 4.13 Å². The van der Waals surface area contributed by atoms with Gasteiger partial charge in [0.1, 0.15) is 0 Å². The minimum absolute atomic E-state index is 0.00440. The summed E-state index contributed by atoms with van der Waals surface area (Å²) >= 11 is 0. The fourth-order valence-electron chi connectivity index (χ4n) is 8.84. The quantitative estimate of drug-likeness (QED) is 0.166. The van der Waals surface area contributed by atoms with E-state index in [4.69, 9.17) is 0 Å². The molecule has 1 aliphatic rings. The SMILES string of the molecule is CC(C)c1cc(C(C)C)c(-c2cc3ccccc3c3c2S(=O)(=O)NS(=O)(=O)c2c(-c4c(C(C)C)cc(C(C)C)cc4C(C)C)cc4ccccc4c2-3)c(C(C)C)c1.